The van der Waals surface area contributed by atoms with E-state index in [0.29, 0.717) is 12.3 Å². The number of ether oxygens (including phenoxy) is 1. The second-order valence-corrected chi connectivity index (χ2v) is 6.89. The van der Waals surface area contributed by atoms with Crippen LogP contribution in [-0.4, -0.2) is 36.3 Å². The molecule has 0 spiro atoms. The first-order chi connectivity index (χ1) is 12.1. The highest BCUT2D eigenvalue weighted by molar-refractivity contribution is 6.08. The van der Waals surface area contributed by atoms with Gasteiger partial charge in [0.2, 0.25) is 17.7 Å². The zero-order valence-corrected chi connectivity index (χ0v) is 14.0. The Kier molecular flexibility index (Phi) is 3.82. The van der Waals surface area contributed by atoms with Crippen molar-refractivity contribution in [1.82, 2.24) is 10.2 Å². The normalized spacial score (nSPS) is 29.2. The molecule has 4 unspecified atom stereocenters. The zero-order valence-electron chi connectivity index (χ0n) is 14.0. The fourth-order valence-electron chi connectivity index (χ4n) is 4.30. The molecule has 3 aliphatic rings. The molecule has 1 N–H and O–H groups in total. The number of nitrogens with zero attached hydrogens (tertiary/aromatic N) is 1. The van der Waals surface area contributed by atoms with E-state index in [1.165, 1.54) is 0 Å². The molecule has 1 saturated carbocycles. The molecule has 3 amide bonds. The molecule has 2 aliphatic carbocycles. The third kappa shape index (κ3) is 2.62. The van der Waals surface area contributed by atoms with Crippen LogP contribution in [0.15, 0.2) is 36.4 Å². The number of nitrogens with one attached hydrogen (secondary N) is 1. The summed E-state index contributed by atoms with van der Waals surface area (Å²) in [6, 6.07) is 7.38. The molecular formula is C19H20N2O4. The van der Waals surface area contributed by atoms with Gasteiger partial charge in [-0.05, 0) is 36.0 Å². The summed E-state index contributed by atoms with van der Waals surface area (Å²) in [6.45, 7) is 0.125. The Morgan fingerprint density at radius 3 is 2.52 bits per heavy atom. The van der Waals surface area contributed by atoms with Gasteiger partial charge >= 0.3 is 0 Å². The highest BCUT2D eigenvalue weighted by Crippen LogP contribution is 2.52. The summed E-state index contributed by atoms with van der Waals surface area (Å²) >= 11 is 0. The summed E-state index contributed by atoms with van der Waals surface area (Å²) in [6.07, 6.45) is 4.98. The molecule has 1 aromatic rings. The number of amides is 3. The van der Waals surface area contributed by atoms with Crippen molar-refractivity contribution in [3.8, 4) is 5.75 Å². The number of hydrogen-bond acceptors (Lipinski definition) is 4. The average Bonchev–Trinajstić information content (AvgIpc) is 3.30. The van der Waals surface area contributed by atoms with Gasteiger partial charge in [-0.3, -0.25) is 19.3 Å². The van der Waals surface area contributed by atoms with E-state index in [-0.39, 0.29) is 47.9 Å². The number of benzene rings is 1. The standard InChI is InChI=1S/C19H20N2O4/c1-25-14-4-2-3-11(7-14)9-20-15(22)10-21-18(23)16-12-5-6-13(8-12)17(16)19(21)24/h2-7,12-13,16-17H,8-10H2,1H3,(H,20,22). The molecule has 2 fully saturated rings. The molecule has 1 aliphatic heterocycles. The van der Waals surface area contributed by atoms with Crippen LogP contribution in [0.3, 0.4) is 0 Å². The molecule has 4 rings (SSSR count). The monoisotopic (exact) mass is 340 g/mol. The van der Waals surface area contributed by atoms with E-state index in [9.17, 15) is 14.4 Å². The summed E-state index contributed by atoms with van der Waals surface area (Å²) in [4.78, 5) is 38.5. The zero-order chi connectivity index (χ0) is 17.6. The summed E-state index contributed by atoms with van der Waals surface area (Å²) < 4.78 is 5.15. The van der Waals surface area contributed by atoms with Crippen LogP contribution in [-0.2, 0) is 20.9 Å². The minimum absolute atomic E-state index is 0.163. The SMILES string of the molecule is COc1cccc(CNC(=O)CN2C(=O)C3C4C=CC(C4)C3C2=O)c1. The molecule has 1 heterocycles. The van der Waals surface area contributed by atoms with Gasteiger partial charge in [-0.25, -0.2) is 0 Å². The van der Waals surface area contributed by atoms with Gasteiger partial charge in [-0.15, -0.1) is 0 Å². The number of carbonyl (C=O) groups is 3. The number of carbonyl (C=O) groups excluding carboxylic acids is 3. The molecular weight excluding hydrogens is 320 g/mol. The van der Waals surface area contributed by atoms with E-state index in [0.717, 1.165) is 16.9 Å². The van der Waals surface area contributed by atoms with Gasteiger partial charge < -0.3 is 10.1 Å². The lowest BCUT2D eigenvalue weighted by molar-refractivity contribution is -0.144. The first-order valence-electron chi connectivity index (χ1n) is 8.51. The summed E-state index contributed by atoms with van der Waals surface area (Å²) in [7, 11) is 1.58. The number of imide groups is 1. The van der Waals surface area contributed by atoms with Crippen molar-refractivity contribution in [3.63, 3.8) is 0 Å². The molecule has 25 heavy (non-hydrogen) atoms. The Hall–Kier alpha value is -2.63. The predicted molar refractivity (Wildman–Crippen MR) is 89.3 cm³/mol. The maximum absolute atomic E-state index is 12.6. The smallest absolute Gasteiger partial charge is 0.240 e. The van der Waals surface area contributed by atoms with Gasteiger partial charge in [-0.1, -0.05) is 24.3 Å². The molecule has 0 radical (unpaired) electrons. The van der Waals surface area contributed by atoms with E-state index < -0.39 is 0 Å². The lowest BCUT2D eigenvalue weighted by Gasteiger charge is -2.16. The van der Waals surface area contributed by atoms with E-state index in [1.54, 1.807) is 7.11 Å². The molecule has 6 heteroatoms. The van der Waals surface area contributed by atoms with Gasteiger partial charge in [-0.2, -0.15) is 0 Å². The molecule has 1 aromatic carbocycles. The van der Waals surface area contributed by atoms with Gasteiger partial charge in [0.15, 0.2) is 0 Å². The average molecular weight is 340 g/mol. The maximum atomic E-state index is 12.6. The fraction of sp³-hybridized carbons (Fsp3) is 0.421. The first-order valence-corrected chi connectivity index (χ1v) is 8.51. The third-order valence-electron chi connectivity index (χ3n) is 5.49. The molecule has 6 nitrogen and oxygen atoms in total. The quantitative estimate of drug-likeness (QED) is 0.644. The van der Waals surface area contributed by atoms with E-state index in [2.05, 4.69) is 5.32 Å². The Bertz CT molecular complexity index is 742. The minimum atomic E-state index is -0.329. The van der Waals surface area contributed by atoms with E-state index >= 15 is 0 Å². The molecule has 130 valence electrons. The lowest BCUT2D eigenvalue weighted by atomic mass is 9.85. The second-order valence-electron chi connectivity index (χ2n) is 6.89. The van der Waals surface area contributed by atoms with Crippen molar-refractivity contribution < 1.29 is 19.1 Å². The van der Waals surface area contributed by atoms with Crippen LogP contribution < -0.4 is 10.1 Å². The van der Waals surface area contributed by atoms with Crippen molar-refractivity contribution in [2.24, 2.45) is 23.7 Å². The molecule has 4 atom stereocenters. The number of fused-ring (bicyclic) bond motifs is 5. The van der Waals surface area contributed by atoms with Crippen LogP contribution in [0.25, 0.3) is 0 Å². The van der Waals surface area contributed by atoms with Gasteiger partial charge in [0.1, 0.15) is 12.3 Å². The van der Waals surface area contributed by atoms with Gasteiger partial charge in [0.05, 0.1) is 18.9 Å². The van der Waals surface area contributed by atoms with Crippen molar-refractivity contribution in [2.45, 2.75) is 13.0 Å². The van der Waals surface area contributed by atoms with Crippen LogP contribution in [0.4, 0.5) is 0 Å². The lowest BCUT2D eigenvalue weighted by Crippen LogP contribution is -2.41. The number of allylic oxidation sites excluding steroid dienone is 2. The highest BCUT2D eigenvalue weighted by Gasteiger charge is 2.59. The second kappa shape index (κ2) is 6.02. The Morgan fingerprint density at radius 1 is 1.20 bits per heavy atom. The predicted octanol–water partition coefficient (Wildman–Crippen LogP) is 1.12. The Labute approximate surface area is 145 Å². The molecule has 0 aromatic heterocycles. The largest absolute Gasteiger partial charge is 0.497 e. The summed E-state index contributed by atoms with van der Waals surface area (Å²) in [5, 5.41) is 2.77. The van der Waals surface area contributed by atoms with Crippen LogP contribution in [0.1, 0.15) is 12.0 Å². The van der Waals surface area contributed by atoms with E-state index in [4.69, 9.17) is 4.74 Å². The third-order valence-corrected chi connectivity index (χ3v) is 5.49. The van der Waals surface area contributed by atoms with Crippen LogP contribution in [0, 0.1) is 23.7 Å². The van der Waals surface area contributed by atoms with Crippen molar-refractivity contribution in [3.05, 3.63) is 42.0 Å². The number of rotatable bonds is 5. The van der Waals surface area contributed by atoms with Crippen molar-refractivity contribution in [1.29, 1.82) is 0 Å². The molecule has 1 saturated heterocycles. The minimum Gasteiger partial charge on any atom is -0.497 e. The highest BCUT2D eigenvalue weighted by atomic mass is 16.5. The summed E-state index contributed by atoms with van der Waals surface area (Å²) in [5.74, 6) is -0.182. The Morgan fingerprint density at radius 2 is 1.88 bits per heavy atom. The first kappa shape index (κ1) is 15.9. The topological polar surface area (TPSA) is 75.7 Å². The van der Waals surface area contributed by atoms with Crippen LogP contribution in [0.5, 0.6) is 5.75 Å². The van der Waals surface area contributed by atoms with Gasteiger partial charge in [0.25, 0.3) is 0 Å². The van der Waals surface area contributed by atoms with Crippen molar-refractivity contribution >= 4 is 17.7 Å². The van der Waals surface area contributed by atoms with E-state index in [1.807, 2.05) is 36.4 Å². The van der Waals surface area contributed by atoms with Crippen molar-refractivity contribution in [2.75, 3.05) is 13.7 Å². The van der Waals surface area contributed by atoms with Crippen LogP contribution in [0.2, 0.25) is 0 Å². The maximum Gasteiger partial charge on any atom is 0.240 e. The molecule has 2 bridgehead atoms. The van der Waals surface area contributed by atoms with Crippen LogP contribution >= 0.6 is 0 Å². The number of methoxy groups -OCH3 is 1. The number of likely N-dealkylation sites (tertiary alicyclic amines) is 1. The fourth-order valence-corrected chi connectivity index (χ4v) is 4.30. The Balaban J connectivity index is 1.37. The number of hydrogen-bond donors (Lipinski definition) is 1. The van der Waals surface area contributed by atoms with Gasteiger partial charge in [0, 0.05) is 6.54 Å². The summed E-state index contributed by atoms with van der Waals surface area (Å²) in [5.41, 5.74) is 0.894.